The smallest absolute Gasteiger partial charge is 0.321 e. The molecular formula is C16H16BrFN4O2. The van der Waals surface area contributed by atoms with Crippen LogP contribution in [0.5, 0.6) is 6.01 Å². The Hall–Kier alpha value is -2.22. The van der Waals surface area contributed by atoms with Gasteiger partial charge in [0.2, 0.25) is 0 Å². The third-order valence-corrected chi connectivity index (χ3v) is 4.04. The highest BCUT2D eigenvalue weighted by molar-refractivity contribution is 9.10. The Morgan fingerprint density at radius 2 is 2.00 bits per heavy atom. The molecular weight excluding hydrogens is 379 g/mol. The molecule has 2 aromatic rings. The lowest BCUT2D eigenvalue weighted by atomic mass is 10.1. The van der Waals surface area contributed by atoms with Crippen LogP contribution in [0.2, 0.25) is 0 Å². The molecule has 0 radical (unpaired) electrons. The molecule has 0 bridgehead atoms. The molecule has 6 nitrogen and oxygen atoms in total. The molecule has 0 spiro atoms. The summed E-state index contributed by atoms with van der Waals surface area (Å²) in [5, 5.41) is 2.76. The minimum absolute atomic E-state index is 0.154. The second kappa shape index (κ2) is 7.57. The van der Waals surface area contributed by atoms with Crippen molar-refractivity contribution in [3.05, 3.63) is 46.9 Å². The number of nitrogens with zero attached hydrogens (tertiary/aromatic N) is 3. The molecule has 0 unspecified atom stereocenters. The highest BCUT2D eigenvalue weighted by Gasteiger charge is 2.25. The summed E-state index contributed by atoms with van der Waals surface area (Å²) < 4.78 is 19.4. The van der Waals surface area contributed by atoms with Crippen molar-refractivity contribution in [2.45, 2.75) is 18.9 Å². The van der Waals surface area contributed by atoms with Crippen LogP contribution >= 0.6 is 15.9 Å². The summed E-state index contributed by atoms with van der Waals surface area (Å²) in [5.41, 5.74) is 0.556. The van der Waals surface area contributed by atoms with E-state index in [2.05, 4.69) is 31.2 Å². The van der Waals surface area contributed by atoms with Gasteiger partial charge in [0, 0.05) is 24.6 Å². The molecule has 1 atom stereocenters. The van der Waals surface area contributed by atoms with Gasteiger partial charge in [-0.3, -0.25) is 0 Å². The van der Waals surface area contributed by atoms with E-state index < -0.39 is 0 Å². The average Bonchev–Trinajstić information content (AvgIpc) is 2.59. The maximum Gasteiger partial charge on any atom is 0.321 e. The van der Waals surface area contributed by atoms with E-state index in [0.29, 0.717) is 24.8 Å². The SMILES string of the molecule is O=C(Nc1ccc(F)cc1)N1CCC[C@H](Oc2ncc(Br)cn2)C1. The molecule has 1 aliphatic heterocycles. The fraction of sp³-hybridized carbons (Fsp3) is 0.312. The average molecular weight is 395 g/mol. The zero-order valence-electron chi connectivity index (χ0n) is 12.8. The van der Waals surface area contributed by atoms with Crippen molar-refractivity contribution in [3.63, 3.8) is 0 Å². The number of hydrogen-bond acceptors (Lipinski definition) is 4. The number of nitrogens with one attached hydrogen (secondary N) is 1. The van der Waals surface area contributed by atoms with Gasteiger partial charge in [0.15, 0.2) is 0 Å². The maximum atomic E-state index is 12.9. The molecule has 1 saturated heterocycles. The Bertz CT molecular complexity index is 696. The second-order valence-electron chi connectivity index (χ2n) is 5.45. The third-order valence-electron chi connectivity index (χ3n) is 3.63. The van der Waals surface area contributed by atoms with Crippen molar-refractivity contribution in [3.8, 4) is 6.01 Å². The molecule has 24 heavy (non-hydrogen) atoms. The number of anilines is 1. The summed E-state index contributed by atoms with van der Waals surface area (Å²) in [4.78, 5) is 22.2. The first-order valence-electron chi connectivity index (χ1n) is 7.56. The van der Waals surface area contributed by atoms with Crippen LogP contribution in [0.1, 0.15) is 12.8 Å². The summed E-state index contributed by atoms with van der Waals surface area (Å²) in [5.74, 6) is -0.339. The number of urea groups is 1. The van der Waals surface area contributed by atoms with Gasteiger partial charge in [-0.2, -0.15) is 0 Å². The second-order valence-corrected chi connectivity index (χ2v) is 6.36. The Kier molecular flexibility index (Phi) is 5.24. The van der Waals surface area contributed by atoms with E-state index in [1.54, 1.807) is 17.3 Å². The molecule has 1 fully saturated rings. The Labute approximate surface area is 147 Å². The van der Waals surface area contributed by atoms with Crippen LogP contribution in [0.15, 0.2) is 41.1 Å². The van der Waals surface area contributed by atoms with Crippen LogP contribution in [-0.2, 0) is 0 Å². The van der Waals surface area contributed by atoms with Gasteiger partial charge in [-0.1, -0.05) is 0 Å². The number of benzene rings is 1. The number of carbonyl (C=O) groups excluding carboxylic acids is 1. The van der Waals surface area contributed by atoms with E-state index in [0.717, 1.165) is 17.3 Å². The molecule has 1 N–H and O–H groups in total. The number of aromatic nitrogens is 2. The minimum Gasteiger partial charge on any atom is -0.458 e. The Morgan fingerprint density at radius 1 is 1.29 bits per heavy atom. The molecule has 1 aromatic carbocycles. The fourth-order valence-electron chi connectivity index (χ4n) is 2.46. The molecule has 1 aliphatic rings. The van der Waals surface area contributed by atoms with Crippen LogP contribution in [0.4, 0.5) is 14.9 Å². The number of rotatable bonds is 3. The van der Waals surface area contributed by atoms with E-state index in [9.17, 15) is 9.18 Å². The number of amides is 2. The molecule has 0 aliphatic carbocycles. The normalized spacial score (nSPS) is 17.4. The quantitative estimate of drug-likeness (QED) is 0.865. The van der Waals surface area contributed by atoms with Crippen LogP contribution < -0.4 is 10.1 Å². The minimum atomic E-state index is -0.339. The monoisotopic (exact) mass is 394 g/mol. The first kappa shape index (κ1) is 16.6. The van der Waals surface area contributed by atoms with Crippen LogP contribution in [0.3, 0.4) is 0 Å². The summed E-state index contributed by atoms with van der Waals surface area (Å²) in [6, 6.07) is 5.74. The van der Waals surface area contributed by atoms with Gasteiger partial charge in [0.1, 0.15) is 11.9 Å². The number of hydrogen-bond donors (Lipinski definition) is 1. The van der Waals surface area contributed by atoms with Gasteiger partial charge in [-0.05, 0) is 53.0 Å². The third kappa shape index (κ3) is 4.41. The Morgan fingerprint density at radius 3 is 2.71 bits per heavy atom. The van der Waals surface area contributed by atoms with Gasteiger partial charge >= 0.3 is 12.0 Å². The van der Waals surface area contributed by atoms with Crippen molar-refractivity contribution >= 4 is 27.6 Å². The van der Waals surface area contributed by atoms with Crippen molar-refractivity contribution in [1.82, 2.24) is 14.9 Å². The lowest BCUT2D eigenvalue weighted by Gasteiger charge is -2.32. The number of ether oxygens (including phenoxy) is 1. The number of piperidine rings is 1. The molecule has 8 heteroatoms. The molecule has 0 saturated carbocycles. The van der Waals surface area contributed by atoms with Gasteiger partial charge < -0.3 is 15.0 Å². The highest BCUT2D eigenvalue weighted by atomic mass is 79.9. The lowest BCUT2D eigenvalue weighted by Crippen LogP contribution is -2.46. The van der Waals surface area contributed by atoms with E-state index in [-0.39, 0.29) is 18.0 Å². The fourth-order valence-corrected chi connectivity index (χ4v) is 2.67. The maximum absolute atomic E-state index is 12.9. The first-order valence-corrected chi connectivity index (χ1v) is 8.35. The topological polar surface area (TPSA) is 67.4 Å². The van der Waals surface area contributed by atoms with Crippen molar-refractivity contribution < 1.29 is 13.9 Å². The summed E-state index contributed by atoms with van der Waals surface area (Å²) in [6.07, 6.45) is 4.74. The van der Waals surface area contributed by atoms with E-state index in [1.165, 1.54) is 24.3 Å². The van der Waals surface area contributed by atoms with E-state index >= 15 is 0 Å². The van der Waals surface area contributed by atoms with Gasteiger partial charge in [0.25, 0.3) is 0 Å². The largest absolute Gasteiger partial charge is 0.458 e. The zero-order valence-corrected chi connectivity index (χ0v) is 14.4. The molecule has 2 heterocycles. The summed E-state index contributed by atoms with van der Waals surface area (Å²) >= 11 is 3.27. The van der Waals surface area contributed by atoms with Gasteiger partial charge in [0.05, 0.1) is 11.0 Å². The molecule has 126 valence electrons. The van der Waals surface area contributed by atoms with Crippen molar-refractivity contribution in [2.24, 2.45) is 0 Å². The summed E-state index contributed by atoms with van der Waals surface area (Å²) in [7, 11) is 0. The van der Waals surface area contributed by atoms with E-state index in [4.69, 9.17) is 4.74 Å². The van der Waals surface area contributed by atoms with Crippen molar-refractivity contribution in [2.75, 3.05) is 18.4 Å². The number of halogens is 2. The van der Waals surface area contributed by atoms with Crippen molar-refractivity contribution in [1.29, 1.82) is 0 Å². The standard InChI is InChI=1S/C16H16BrFN4O2/c17-11-8-19-15(20-9-11)24-14-2-1-7-22(10-14)16(23)21-13-5-3-12(18)4-6-13/h3-6,8-9,14H,1-2,7,10H2,(H,21,23)/t14-/m0/s1. The number of carbonyl (C=O) groups is 1. The zero-order chi connectivity index (χ0) is 16.9. The van der Waals surface area contributed by atoms with Gasteiger partial charge in [-0.15, -0.1) is 0 Å². The van der Waals surface area contributed by atoms with Crippen LogP contribution in [0.25, 0.3) is 0 Å². The van der Waals surface area contributed by atoms with Gasteiger partial charge in [-0.25, -0.2) is 19.2 Å². The predicted octanol–water partition coefficient (Wildman–Crippen LogP) is 3.45. The summed E-state index contributed by atoms with van der Waals surface area (Å²) in [6.45, 7) is 1.10. The molecule has 1 aromatic heterocycles. The molecule has 3 rings (SSSR count). The van der Waals surface area contributed by atoms with Crippen LogP contribution in [0, 0.1) is 5.82 Å². The highest BCUT2D eigenvalue weighted by Crippen LogP contribution is 2.18. The van der Waals surface area contributed by atoms with Crippen LogP contribution in [-0.4, -0.2) is 40.1 Å². The number of likely N-dealkylation sites (tertiary alicyclic amines) is 1. The van der Waals surface area contributed by atoms with E-state index in [1.807, 2.05) is 0 Å². The molecule has 2 amide bonds. The first-order chi connectivity index (χ1) is 11.6. The predicted molar refractivity (Wildman–Crippen MR) is 90.4 cm³/mol. The lowest BCUT2D eigenvalue weighted by molar-refractivity contribution is 0.0982. The Balaban J connectivity index is 1.57.